The zero-order chi connectivity index (χ0) is 13.4. The molecule has 0 amide bonds. The highest BCUT2D eigenvalue weighted by molar-refractivity contribution is 5.47. The van der Waals surface area contributed by atoms with Crippen molar-refractivity contribution in [3.05, 3.63) is 30.1 Å². The van der Waals surface area contributed by atoms with Crippen molar-refractivity contribution in [3.8, 4) is 0 Å². The maximum absolute atomic E-state index is 13.3. The molecule has 0 radical (unpaired) electrons. The number of hydrogen-bond acceptors (Lipinski definition) is 3. The van der Waals surface area contributed by atoms with Crippen LogP contribution in [-0.2, 0) is 4.74 Å². The van der Waals surface area contributed by atoms with Crippen LogP contribution in [0.15, 0.2) is 24.3 Å². The van der Waals surface area contributed by atoms with Gasteiger partial charge in [-0.25, -0.2) is 4.39 Å². The molecule has 1 unspecified atom stereocenters. The van der Waals surface area contributed by atoms with Crippen molar-refractivity contribution in [1.29, 1.82) is 0 Å². The summed E-state index contributed by atoms with van der Waals surface area (Å²) < 4.78 is 18.4. The summed E-state index contributed by atoms with van der Waals surface area (Å²) in [5.41, 5.74) is 6.47. The zero-order valence-corrected chi connectivity index (χ0v) is 11.2. The molecule has 0 aliphatic rings. The fraction of sp³-hybridized carbons (Fsp3) is 0.571. The van der Waals surface area contributed by atoms with Crippen LogP contribution in [0.5, 0.6) is 0 Å². The average molecular weight is 254 g/mol. The van der Waals surface area contributed by atoms with Gasteiger partial charge in [-0.3, -0.25) is 0 Å². The molecule has 0 aliphatic carbocycles. The first-order valence-corrected chi connectivity index (χ1v) is 6.40. The highest BCUT2D eigenvalue weighted by Gasteiger charge is 2.14. The van der Waals surface area contributed by atoms with Gasteiger partial charge in [0.25, 0.3) is 0 Å². The van der Waals surface area contributed by atoms with Gasteiger partial charge >= 0.3 is 0 Å². The largest absolute Gasteiger partial charge is 0.385 e. The Kier molecular flexibility index (Phi) is 6.68. The maximum Gasteiger partial charge on any atom is 0.125 e. The van der Waals surface area contributed by atoms with Crippen LogP contribution in [0.1, 0.15) is 19.8 Å². The average Bonchev–Trinajstić information content (AvgIpc) is 2.37. The van der Waals surface area contributed by atoms with E-state index in [4.69, 9.17) is 10.5 Å². The highest BCUT2D eigenvalue weighted by atomic mass is 19.1. The first-order valence-electron chi connectivity index (χ1n) is 6.40. The number of ether oxygens (including phenoxy) is 1. The number of nitrogens with two attached hydrogens (primary N) is 1. The Hall–Kier alpha value is -1.13. The molecule has 3 nitrogen and oxygen atoms in total. The van der Waals surface area contributed by atoms with Gasteiger partial charge in [-0.1, -0.05) is 6.07 Å². The van der Waals surface area contributed by atoms with Gasteiger partial charge in [0.1, 0.15) is 5.82 Å². The van der Waals surface area contributed by atoms with E-state index >= 15 is 0 Å². The summed E-state index contributed by atoms with van der Waals surface area (Å²) in [7, 11) is 1.69. The van der Waals surface area contributed by atoms with Gasteiger partial charge in [-0.05, 0) is 44.5 Å². The molecule has 1 atom stereocenters. The van der Waals surface area contributed by atoms with Crippen molar-refractivity contribution in [2.45, 2.75) is 25.8 Å². The van der Waals surface area contributed by atoms with Gasteiger partial charge in [-0.2, -0.15) is 0 Å². The Morgan fingerprint density at radius 3 is 2.83 bits per heavy atom. The van der Waals surface area contributed by atoms with E-state index in [-0.39, 0.29) is 5.82 Å². The van der Waals surface area contributed by atoms with Crippen LogP contribution < -0.4 is 10.6 Å². The van der Waals surface area contributed by atoms with Crippen LogP contribution in [0.2, 0.25) is 0 Å². The predicted octanol–water partition coefficient (Wildman–Crippen LogP) is 2.41. The molecular weight excluding hydrogens is 231 g/mol. The molecule has 1 rings (SSSR count). The summed E-state index contributed by atoms with van der Waals surface area (Å²) in [6.07, 6.45) is 1.81. The van der Waals surface area contributed by atoms with E-state index in [0.29, 0.717) is 19.2 Å². The highest BCUT2D eigenvalue weighted by Crippen LogP contribution is 2.20. The van der Waals surface area contributed by atoms with Gasteiger partial charge in [0.2, 0.25) is 0 Å². The number of benzene rings is 1. The van der Waals surface area contributed by atoms with E-state index in [9.17, 15) is 4.39 Å². The molecular formula is C14H23FN2O. The molecule has 0 aliphatic heterocycles. The lowest BCUT2D eigenvalue weighted by molar-refractivity contribution is 0.188. The van der Waals surface area contributed by atoms with Crippen LogP contribution >= 0.6 is 0 Å². The van der Waals surface area contributed by atoms with Crippen molar-refractivity contribution in [1.82, 2.24) is 0 Å². The van der Waals surface area contributed by atoms with E-state index in [0.717, 1.165) is 25.1 Å². The van der Waals surface area contributed by atoms with E-state index in [1.54, 1.807) is 19.2 Å². The number of hydrogen-bond donors (Lipinski definition) is 1. The van der Waals surface area contributed by atoms with Crippen molar-refractivity contribution in [2.24, 2.45) is 5.73 Å². The maximum atomic E-state index is 13.3. The molecule has 102 valence electrons. The Morgan fingerprint density at radius 1 is 1.44 bits per heavy atom. The summed E-state index contributed by atoms with van der Waals surface area (Å²) in [6, 6.07) is 7.01. The predicted molar refractivity (Wildman–Crippen MR) is 73.4 cm³/mol. The van der Waals surface area contributed by atoms with E-state index < -0.39 is 0 Å². The van der Waals surface area contributed by atoms with Crippen molar-refractivity contribution >= 4 is 5.69 Å². The Labute approximate surface area is 109 Å². The van der Waals surface area contributed by atoms with Crippen LogP contribution in [-0.4, -0.2) is 32.8 Å². The van der Waals surface area contributed by atoms with Gasteiger partial charge in [-0.15, -0.1) is 0 Å². The summed E-state index contributed by atoms with van der Waals surface area (Å²) in [5.74, 6) is -0.204. The van der Waals surface area contributed by atoms with E-state index in [1.165, 1.54) is 6.07 Å². The third-order valence-electron chi connectivity index (χ3n) is 3.01. The molecule has 4 heteroatoms. The SMILES string of the molecule is COCCC(C)N(CCCN)c1cccc(F)c1. The van der Waals surface area contributed by atoms with Crippen molar-refractivity contribution in [2.75, 3.05) is 31.7 Å². The topological polar surface area (TPSA) is 38.5 Å². The molecule has 0 spiro atoms. The van der Waals surface area contributed by atoms with Crippen molar-refractivity contribution in [3.63, 3.8) is 0 Å². The quantitative estimate of drug-likeness (QED) is 0.774. The molecule has 1 aromatic rings. The molecule has 2 N–H and O–H groups in total. The third kappa shape index (κ3) is 4.63. The summed E-state index contributed by atoms with van der Waals surface area (Å²) in [6.45, 7) is 4.31. The minimum absolute atomic E-state index is 0.204. The van der Waals surface area contributed by atoms with Gasteiger partial charge in [0.15, 0.2) is 0 Å². The van der Waals surface area contributed by atoms with Gasteiger partial charge in [0, 0.05) is 32.0 Å². The second-order valence-corrected chi connectivity index (χ2v) is 4.45. The Balaban J connectivity index is 2.76. The summed E-state index contributed by atoms with van der Waals surface area (Å²) >= 11 is 0. The second-order valence-electron chi connectivity index (χ2n) is 4.45. The normalized spacial score (nSPS) is 12.4. The number of methoxy groups -OCH3 is 1. The Bertz CT molecular complexity index is 346. The number of nitrogens with zero attached hydrogens (tertiary/aromatic N) is 1. The fourth-order valence-corrected chi connectivity index (χ4v) is 1.96. The molecule has 0 fully saturated rings. The fourth-order valence-electron chi connectivity index (χ4n) is 1.96. The second kappa shape index (κ2) is 8.06. The van der Waals surface area contributed by atoms with Crippen LogP contribution in [0.25, 0.3) is 0 Å². The molecule has 0 aromatic heterocycles. The lowest BCUT2D eigenvalue weighted by Gasteiger charge is -2.31. The zero-order valence-electron chi connectivity index (χ0n) is 11.2. The molecule has 0 bridgehead atoms. The van der Waals surface area contributed by atoms with Crippen LogP contribution in [0.4, 0.5) is 10.1 Å². The lowest BCUT2D eigenvalue weighted by Crippen LogP contribution is -2.35. The molecule has 0 saturated carbocycles. The monoisotopic (exact) mass is 254 g/mol. The first-order chi connectivity index (χ1) is 8.69. The van der Waals surface area contributed by atoms with Crippen LogP contribution in [0, 0.1) is 5.82 Å². The minimum Gasteiger partial charge on any atom is -0.385 e. The number of rotatable bonds is 8. The number of anilines is 1. The van der Waals surface area contributed by atoms with Gasteiger partial charge in [0.05, 0.1) is 0 Å². The standard InChI is InChI=1S/C14H23FN2O/c1-12(7-10-18-2)17(9-4-8-16)14-6-3-5-13(15)11-14/h3,5-6,11-12H,4,7-10,16H2,1-2H3. The molecule has 18 heavy (non-hydrogen) atoms. The van der Waals surface area contributed by atoms with Crippen LogP contribution in [0.3, 0.4) is 0 Å². The Morgan fingerprint density at radius 2 is 2.22 bits per heavy atom. The van der Waals surface area contributed by atoms with Gasteiger partial charge < -0.3 is 15.4 Å². The minimum atomic E-state index is -0.204. The van der Waals surface area contributed by atoms with E-state index in [1.807, 2.05) is 6.07 Å². The van der Waals surface area contributed by atoms with E-state index in [2.05, 4.69) is 11.8 Å². The first kappa shape index (κ1) is 14.9. The summed E-state index contributed by atoms with van der Waals surface area (Å²) in [5, 5.41) is 0. The molecule has 0 saturated heterocycles. The summed E-state index contributed by atoms with van der Waals surface area (Å²) in [4.78, 5) is 2.19. The molecule has 0 heterocycles. The smallest absolute Gasteiger partial charge is 0.125 e. The number of halogens is 1. The van der Waals surface area contributed by atoms with Crippen molar-refractivity contribution < 1.29 is 9.13 Å². The third-order valence-corrected chi connectivity index (χ3v) is 3.01. The molecule has 1 aromatic carbocycles. The lowest BCUT2D eigenvalue weighted by atomic mass is 10.1.